The third kappa shape index (κ3) is 7.83. The predicted octanol–water partition coefficient (Wildman–Crippen LogP) is 4.12. The SMILES string of the molecule is C=C(C)C(=O)NCC(=O)OC1CC(CC[Si](C)(C)C(C)[Si](C)(C)C)CCC1O. The Morgan fingerprint density at radius 3 is 2.36 bits per heavy atom. The number of rotatable bonds is 9. The minimum atomic E-state index is -1.30. The summed E-state index contributed by atoms with van der Waals surface area (Å²) in [5, 5.41) is 13.6. The third-order valence-electron chi connectivity index (χ3n) is 6.60. The first kappa shape index (κ1) is 25.1. The third-order valence-corrected chi connectivity index (χ3v) is 18.1. The number of esters is 1. The minimum absolute atomic E-state index is 0.187. The number of nitrogens with one attached hydrogen (secondary N) is 1. The minimum Gasteiger partial charge on any atom is -0.458 e. The van der Waals surface area contributed by atoms with Gasteiger partial charge in [0, 0.05) is 21.7 Å². The smallest absolute Gasteiger partial charge is 0.325 e. The summed E-state index contributed by atoms with van der Waals surface area (Å²) in [6.07, 6.45) is 2.46. The van der Waals surface area contributed by atoms with E-state index in [0.717, 1.165) is 18.0 Å². The number of hydrogen-bond acceptors (Lipinski definition) is 4. The molecule has 0 aromatic heterocycles. The van der Waals surface area contributed by atoms with E-state index in [1.807, 2.05) is 0 Å². The summed E-state index contributed by atoms with van der Waals surface area (Å²) < 4.78 is 5.48. The van der Waals surface area contributed by atoms with Crippen LogP contribution in [0.25, 0.3) is 0 Å². The monoisotopic (exact) mass is 427 g/mol. The number of amides is 1. The molecule has 0 aromatic rings. The fourth-order valence-corrected chi connectivity index (χ4v) is 15.5. The van der Waals surface area contributed by atoms with E-state index in [9.17, 15) is 14.7 Å². The molecule has 2 N–H and O–H groups in total. The molecular weight excluding hydrogens is 386 g/mol. The van der Waals surface area contributed by atoms with Crippen molar-refractivity contribution >= 4 is 28.0 Å². The second-order valence-corrected chi connectivity index (χ2v) is 21.9. The fraction of sp³-hybridized carbons (Fsp3) is 0.810. The van der Waals surface area contributed by atoms with E-state index in [0.29, 0.717) is 24.3 Å². The summed E-state index contributed by atoms with van der Waals surface area (Å²) in [5.41, 5.74) is 0.352. The van der Waals surface area contributed by atoms with E-state index in [2.05, 4.69) is 51.6 Å². The van der Waals surface area contributed by atoms with Crippen LogP contribution in [0.1, 0.15) is 39.5 Å². The molecule has 4 unspecified atom stereocenters. The van der Waals surface area contributed by atoms with Gasteiger partial charge >= 0.3 is 5.97 Å². The van der Waals surface area contributed by atoms with Crippen LogP contribution < -0.4 is 5.32 Å². The van der Waals surface area contributed by atoms with E-state index < -0.39 is 34.3 Å². The summed E-state index contributed by atoms with van der Waals surface area (Å²) in [6, 6.07) is 1.29. The first-order valence-corrected chi connectivity index (χ1v) is 17.4. The van der Waals surface area contributed by atoms with Crippen LogP contribution in [0.4, 0.5) is 0 Å². The Morgan fingerprint density at radius 2 is 1.82 bits per heavy atom. The van der Waals surface area contributed by atoms with Crippen LogP contribution in [0.3, 0.4) is 0 Å². The van der Waals surface area contributed by atoms with Gasteiger partial charge < -0.3 is 15.2 Å². The van der Waals surface area contributed by atoms with E-state index >= 15 is 0 Å². The standard InChI is InChI=1S/C21H41NO4Si2/c1-15(2)21(25)22-14-20(24)26-19-13-17(9-10-18(19)23)11-12-28(7,8)16(3)27(4,5)6/h16-19,23H,1,9-14H2,2-8H3,(H,22,25). The van der Waals surface area contributed by atoms with Crippen molar-refractivity contribution in [1.82, 2.24) is 5.32 Å². The number of aliphatic hydroxyl groups excluding tert-OH is 1. The second kappa shape index (κ2) is 10.2. The zero-order valence-electron chi connectivity index (χ0n) is 18.9. The molecule has 0 aromatic carbocycles. The van der Waals surface area contributed by atoms with E-state index in [4.69, 9.17) is 4.74 Å². The largest absolute Gasteiger partial charge is 0.458 e. The molecule has 1 fully saturated rings. The maximum absolute atomic E-state index is 12.0. The van der Waals surface area contributed by atoms with Gasteiger partial charge in [0.25, 0.3) is 0 Å². The number of aliphatic hydroxyl groups is 1. The van der Waals surface area contributed by atoms with Gasteiger partial charge in [0.2, 0.25) is 5.91 Å². The highest BCUT2D eigenvalue weighted by Gasteiger charge is 2.38. The zero-order chi connectivity index (χ0) is 21.7. The van der Waals surface area contributed by atoms with Crippen molar-refractivity contribution in [1.29, 1.82) is 0 Å². The van der Waals surface area contributed by atoms with Gasteiger partial charge in [-0.15, -0.1) is 0 Å². The summed E-state index contributed by atoms with van der Waals surface area (Å²) in [5.74, 6) is -0.365. The van der Waals surface area contributed by atoms with Crippen molar-refractivity contribution in [3.63, 3.8) is 0 Å². The molecule has 0 saturated heterocycles. The van der Waals surface area contributed by atoms with Gasteiger partial charge in [0.1, 0.15) is 12.6 Å². The van der Waals surface area contributed by atoms with Crippen LogP contribution in [-0.2, 0) is 14.3 Å². The number of ether oxygens (including phenoxy) is 1. The van der Waals surface area contributed by atoms with Gasteiger partial charge in [0.15, 0.2) is 0 Å². The van der Waals surface area contributed by atoms with Crippen molar-refractivity contribution < 1.29 is 19.4 Å². The quantitative estimate of drug-likeness (QED) is 0.330. The summed E-state index contributed by atoms with van der Waals surface area (Å²) >= 11 is 0. The van der Waals surface area contributed by atoms with Gasteiger partial charge in [-0.05, 0) is 32.1 Å². The molecule has 1 aliphatic rings. The molecule has 1 rings (SSSR count). The van der Waals surface area contributed by atoms with Crippen molar-refractivity contribution in [3.05, 3.63) is 12.2 Å². The van der Waals surface area contributed by atoms with Gasteiger partial charge in [-0.1, -0.05) is 63.9 Å². The summed E-state index contributed by atoms with van der Waals surface area (Å²) in [6.45, 7) is 19.8. The highest BCUT2D eigenvalue weighted by atomic mass is 28.4. The van der Waals surface area contributed by atoms with Crippen molar-refractivity contribution in [3.8, 4) is 0 Å². The molecule has 5 nitrogen and oxygen atoms in total. The summed E-state index contributed by atoms with van der Waals surface area (Å²) in [4.78, 5) is 23.5. The molecular formula is C21H41NO4Si2. The molecule has 4 atom stereocenters. The summed E-state index contributed by atoms with van der Waals surface area (Å²) in [7, 11) is -2.44. The lowest BCUT2D eigenvalue weighted by Gasteiger charge is -2.40. The lowest BCUT2D eigenvalue weighted by atomic mass is 9.84. The number of carbonyl (C=O) groups is 2. The molecule has 1 aliphatic carbocycles. The number of hydrogen-bond donors (Lipinski definition) is 2. The molecule has 0 spiro atoms. The van der Waals surface area contributed by atoms with Crippen LogP contribution in [-0.4, -0.2) is 51.9 Å². The normalized spacial score (nSPS) is 24.4. The Labute approximate surface area is 173 Å². The van der Waals surface area contributed by atoms with E-state index in [1.165, 1.54) is 6.04 Å². The lowest BCUT2D eigenvalue weighted by molar-refractivity contribution is -0.158. The van der Waals surface area contributed by atoms with Crippen LogP contribution >= 0.6 is 0 Å². The maximum Gasteiger partial charge on any atom is 0.325 e. The van der Waals surface area contributed by atoms with E-state index in [-0.39, 0.29) is 12.5 Å². The predicted molar refractivity (Wildman–Crippen MR) is 121 cm³/mol. The average molecular weight is 428 g/mol. The Hall–Kier alpha value is -0.926. The van der Waals surface area contributed by atoms with Gasteiger partial charge in [-0.3, -0.25) is 9.59 Å². The molecule has 0 aliphatic heterocycles. The molecule has 0 radical (unpaired) electrons. The highest BCUT2D eigenvalue weighted by molar-refractivity contribution is 6.96. The zero-order valence-corrected chi connectivity index (χ0v) is 20.9. The van der Waals surface area contributed by atoms with Crippen LogP contribution in [0, 0.1) is 5.92 Å². The molecule has 1 amide bonds. The van der Waals surface area contributed by atoms with Crippen molar-refractivity contribution in [2.75, 3.05) is 6.54 Å². The van der Waals surface area contributed by atoms with Gasteiger partial charge in [0.05, 0.1) is 6.10 Å². The molecule has 0 heterocycles. The molecule has 28 heavy (non-hydrogen) atoms. The fourth-order valence-electron chi connectivity index (χ4n) is 4.06. The topological polar surface area (TPSA) is 75.6 Å². The first-order valence-electron chi connectivity index (χ1n) is 10.5. The Balaban J connectivity index is 2.54. The van der Waals surface area contributed by atoms with Crippen molar-refractivity contribution in [2.45, 2.75) is 95.7 Å². The van der Waals surface area contributed by atoms with E-state index in [1.54, 1.807) is 6.92 Å². The second-order valence-electron chi connectivity index (χ2n) is 10.4. The Kier molecular flexibility index (Phi) is 9.15. The van der Waals surface area contributed by atoms with Gasteiger partial charge in [-0.2, -0.15) is 0 Å². The molecule has 1 saturated carbocycles. The number of carbonyl (C=O) groups excluding carboxylic acids is 2. The average Bonchev–Trinajstić information content (AvgIpc) is 2.58. The van der Waals surface area contributed by atoms with Crippen LogP contribution in [0.15, 0.2) is 12.2 Å². The van der Waals surface area contributed by atoms with Crippen LogP contribution in [0.2, 0.25) is 43.9 Å². The maximum atomic E-state index is 12.0. The molecule has 162 valence electrons. The Bertz CT molecular complexity index is 571. The lowest BCUT2D eigenvalue weighted by Crippen LogP contribution is -2.45. The van der Waals surface area contributed by atoms with Gasteiger partial charge in [-0.25, -0.2) is 0 Å². The Morgan fingerprint density at radius 1 is 1.21 bits per heavy atom. The first-order chi connectivity index (χ1) is 12.7. The van der Waals surface area contributed by atoms with Crippen molar-refractivity contribution in [2.24, 2.45) is 5.92 Å². The van der Waals surface area contributed by atoms with Crippen LogP contribution in [0.5, 0.6) is 0 Å². The molecule has 0 bridgehead atoms. The molecule has 7 heteroatoms. The highest BCUT2D eigenvalue weighted by Crippen LogP contribution is 2.38.